The average molecular weight is 304 g/mol. The summed E-state index contributed by atoms with van der Waals surface area (Å²) in [5.41, 5.74) is 2.62. The van der Waals surface area contributed by atoms with Crippen LogP contribution in [-0.4, -0.2) is 48.9 Å². The standard InChI is InChI=1S/C18H28N2O2/c1-2-17(14-5-6-18-15(11-14)7-10-22-18)19-12-16(21)13-20-8-3-4-9-20/h5-6,11,16-17,19,21H,2-4,7-10,12-13H2,1H3. The largest absolute Gasteiger partial charge is 0.493 e. The number of hydrogen-bond acceptors (Lipinski definition) is 4. The number of rotatable bonds is 7. The number of likely N-dealkylation sites (tertiary alicyclic amines) is 1. The summed E-state index contributed by atoms with van der Waals surface area (Å²) >= 11 is 0. The molecule has 0 amide bonds. The maximum Gasteiger partial charge on any atom is 0.122 e. The van der Waals surface area contributed by atoms with Crippen molar-refractivity contribution in [2.75, 3.05) is 32.8 Å². The molecule has 2 N–H and O–H groups in total. The Morgan fingerprint density at radius 2 is 2.14 bits per heavy atom. The van der Waals surface area contributed by atoms with Gasteiger partial charge in [0.05, 0.1) is 12.7 Å². The third-order valence-electron chi connectivity index (χ3n) is 4.79. The second kappa shape index (κ2) is 7.44. The van der Waals surface area contributed by atoms with Gasteiger partial charge in [-0.2, -0.15) is 0 Å². The Hall–Kier alpha value is -1.10. The second-order valence-electron chi connectivity index (χ2n) is 6.50. The fraction of sp³-hybridized carbons (Fsp3) is 0.667. The molecule has 1 aromatic rings. The van der Waals surface area contributed by atoms with E-state index < -0.39 is 0 Å². The van der Waals surface area contributed by atoms with Gasteiger partial charge in [0.2, 0.25) is 0 Å². The maximum atomic E-state index is 10.2. The zero-order valence-corrected chi connectivity index (χ0v) is 13.6. The summed E-state index contributed by atoms with van der Waals surface area (Å²) in [5.74, 6) is 1.03. The van der Waals surface area contributed by atoms with Crippen LogP contribution < -0.4 is 10.1 Å². The molecule has 0 aromatic heterocycles. The summed E-state index contributed by atoms with van der Waals surface area (Å²) in [5, 5.41) is 13.8. The van der Waals surface area contributed by atoms with Crippen LogP contribution in [0.4, 0.5) is 0 Å². The van der Waals surface area contributed by atoms with Crippen molar-refractivity contribution in [2.24, 2.45) is 0 Å². The number of fused-ring (bicyclic) bond motifs is 1. The lowest BCUT2D eigenvalue weighted by Gasteiger charge is -2.23. The molecular weight excluding hydrogens is 276 g/mol. The van der Waals surface area contributed by atoms with E-state index in [0.717, 1.165) is 44.8 Å². The lowest BCUT2D eigenvalue weighted by Crippen LogP contribution is -2.38. The molecule has 4 heteroatoms. The number of benzene rings is 1. The molecule has 2 aliphatic rings. The van der Waals surface area contributed by atoms with Crippen LogP contribution in [0.25, 0.3) is 0 Å². The van der Waals surface area contributed by atoms with Crippen molar-refractivity contribution in [2.45, 2.75) is 44.8 Å². The minimum Gasteiger partial charge on any atom is -0.493 e. The van der Waals surface area contributed by atoms with Crippen LogP contribution in [-0.2, 0) is 6.42 Å². The average Bonchev–Trinajstić information content (AvgIpc) is 3.18. The minimum absolute atomic E-state index is 0.287. The Kier molecular flexibility index (Phi) is 5.34. The summed E-state index contributed by atoms with van der Waals surface area (Å²) in [6, 6.07) is 6.80. The Labute approximate surface area is 133 Å². The molecule has 1 aromatic carbocycles. The third kappa shape index (κ3) is 3.80. The van der Waals surface area contributed by atoms with Crippen molar-refractivity contribution in [3.05, 3.63) is 29.3 Å². The zero-order chi connectivity index (χ0) is 15.4. The van der Waals surface area contributed by atoms with E-state index in [-0.39, 0.29) is 6.10 Å². The van der Waals surface area contributed by atoms with Crippen LogP contribution in [0.1, 0.15) is 43.4 Å². The Balaban J connectivity index is 1.52. The van der Waals surface area contributed by atoms with Crippen molar-refractivity contribution in [3.63, 3.8) is 0 Å². The number of aliphatic hydroxyl groups excluding tert-OH is 1. The summed E-state index contributed by atoms with van der Waals surface area (Å²) < 4.78 is 5.57. The van der Waals surface area contributed by atoms with Gasteiger partial charge in [0.15, 0.2) is 0 Å². The predicted octanol–water partition coefficient (Wildman–Crippen LogP) is 2.12. The summed E-state index contributed by atoms with van der Waals surface area (Å²) in [7, 11) is 0. The predicted molar refractivity (Wildman–Crippen MR) is 88.4 cm³/mol. The van der Waals surface area contributed by atoms with E-state index in [1.807, 2.05) is 0 Å². The SMILES string of the molecule is CCC(NCC(O)CN1CCCC1)c1ccc2c(c1)CCO2. The fourth-order valence-corrected chi connectivity index (χ4v) is 3.53. The quantitative estimate of drug-likeness (QED) is 0.810. The van der Waals surface area contributed by atoms with Gasteiger partial charge in [-0.05, 0) is 49.5 Å². The number of nitrogens with zero attached hydrogens (tertiary/aromatic N) is 1. The van der Waals surface area contributed by atoms with E-state index >= 15 is 0 Å². The number of β-amino-alcohol motifs (C(OH)–C–C–N with tert-alkyl or cyclic N) is 1. The maximum absolute atomic E-state index is 10.2. The summed E-state index contributed by atoms with van der Waals surface area (Å²) in [4.78, 5) is 2.36. The summed E-state index contributed by atoms with van der Waals surface area (Å²) in [6.07, 6.45) is 4.29. The van der Waals surface area contributed by atoms with Crippen LogP contribution in [0.15, 0.2) is 18.2 Å². The molecule has 1 saturated heterocycles. The molecule has 122 valence electrons. The van der Waals surface area contributed by atoms with Gasteiger partial charge < -0.3 is 20.1 Å². The van der Waals surface area contributed by atoms with Crippen molar-refractivity contribution in [1.82, 2.24) is 10.2 Å². The topological polar surface area (TPSA) is 44.7 Å². The number of aliphatic hydroxyl groups is 1. The van der Waals surface area contributed by atoms with Crippen LogP contribution in [0, 0.1) is 0 Å². The molecule has 0 bridgehead atoms. The van der Waals surface area contributed by atoms with Crippen LogP contribution in [0.3, 0.4) is 0 Å². The van der Waals surface area contributed by atoms with Gasteiger partial charge in [-0.3, -0.25) is 0 Å². The van der Waals surface area contributed by atoms with E-state index in [1.54, 1.807) is 0 Å². The molecular formula is C18H28N2O2. The van der Waals surface area contributed by atoms with Crippen molar-refractivity contribution in [1.29, 1.82) is 0 Å². The highest BCUT2D eigenvalue weighted by atomic mass is 16.5. The molecule has 2 atom stereocenters. The normalized spacial score (nSPS) is 20.6. The molecule has 2 unspecified atom stereocenters. The summed E-state index contributed by atoms with van der Waals surface area (Å²) in [6.45, 7) is 6.72. The molecule has 2 aliphatic heterocycles. The lowest BCUT2D eigenvalue weighted by molar-refractivity contribution is 0.120. The minimum atomic E-state index is -0.287. The van der Waals surface area contributed by atoms with Gasteiger partial charge in [-0.15, -0.1) is 0 Å². The monoisotopic (exact) mass is 304 g/mol. The van der Waals surface area contributed by atoms with Crippen molar-refractivity contribution in [3.8, 4) is 5.75 Å². The molecule has 0 spiro atoms. The number of ether oxygens (including phenoxy) is 1. The Morgan fingerprint density at radius 3 is 2.91 bits per heavy atom. The van der Waals surface area contributed by atoms with Gasteiger partial charge in [0, 0.05) is 25.6 Å². The molecule has 0 radical (unpaired) electrons. The molecule has 22 heavy (non-hydrogen) atoms. The first-order chi connectivity index (χ1) is 10.8. The highest BCUT2D eigenvalue weighted by molar-refractivity contribution is 5.40. The van der Waals surface area contributed by atoms with Crippen LogP contribution in [0.2, 0.25) is 0 Å². The van der Waals surface area contributed by atoms with Gasteiger partial charge in [-0.1, -0.05) is 19.1 Å². The van der Waals surface area contributed by atoms with E-state index in [9.17, 15) is 5.11 Å². The second-order valence-corrected chi connectivity index (χ2v) is 6.50. The molecule has 2 heterocycles. The zero-order valence-electron chi connectivity index (χ0n) is 13.6. The molecule has 0 aliphatic carbocycles. The first-order valence-corrected chi connectivity index (χ1v) is 8.65. The van der Waals surface area contributed by atoms with Crippen LogP contribution in [0.5, 0.6) is 5.75 Å². The molecule has 1 fully saturated rings. The first kappa shape index (κ1) is 15.8. The Bertz CT molecular complexity index is 486. The highest BCUT2D eigenvalue weighted by Crippen LogP contribution is 2.29. The van der Waals surface area contributed by atoms with Gasteiger partial charge in [0.25, 0.3) is 0 Å². The molecule has 3 rings (SSSR count). The van der Waals surface area contributed by atoms with Crippen LogP contribution >= 0.6 is 0 Å². The smallest absolute Gasteiger partial charge is 0.122 e. The first-order valence-electron chi connectivity index (χ1n) is 8.65. The van der Waals surface area contributed by atoms with E-state index in [4.69, 9.17) is 4.74 Å². The molecule has 0 saturated carbocycles. The van der Waals surface area contributed by atoms with E-state index in [1.165, 1.54) is 24.0 Å². The van der Waals surface area contributed by atoms with Gasteiger partial charge in [0.1, 0.15) is 5.75 Å². The fourth-order valence-electron chi connectivity index (χ4n) is 3.53. The van der Waals surface area contributed by atoms with Crippen molar-refractivity contribution < 1.29 is 9.84 Å². The van der Waals surface area contributed by atoms with Crippen molar-refractivity contribution >= 4 is 0 Å². The number of nitrogens with one attached hydrogen (secondary N) is 1. The third-order valence-corrected chi connectivity index (χ3v) is 4.79. The van der Waals surface area contributed by atoms with E-state index in [2.05, 4.69) is 35.3 Å². The van der Waals surface area contributed by atoms with Gasteiger partial charge >= 0.3 is 0 Å². The highest BCUT2D eigenvalue weighted by Gasteiger charge is 2.19. The lowest BCUT2D eigenvalue weighted by atomic mass is 10.0. The Morgan fingerprint density at radius 1 is 1.32 bits per heavy atom. The number of hydrogen-bond donors (Lipinski definition) is 2. The molecule has 4 nitrogen and oxygen atoms in total. The van der Waals surface area contributed by atoms with Gasteiger partial charge in [-0.25, -0.2) is 0 Å². The van der Waals surface area contributed by atoms with E-state index in [0.29, 0.717) is 12.6 Å².